The highest BCUT2D eigenvalue weighted by Gasteiger charge is 2.23. The van der Waals surface area contributed by atoms with Crippen LogP contribution in [0.1, 0.15) is 30.4 Å². The maximum Gasteiger partial charge on any atom is 0.130 e. The van der Waals surface area contributed by atoms with Crippen molar-refractivity contribution < 1.29 is 19.0 Å². The standard InChI is InChI=1S/C23H26FNO3/c24-11-2-12-25-13-10-20(16-25)28-19-7-4-17(5-8-19)21-3-1-14-27-23-15-18(26)6-9-22(21)23/h3-9,15,20,26H,1-2,10-14,16H2/t20-/m0/s1. The summed E-state index contributed by atoms with van der Waals surface area (Å²) in [4.78, 5) is 2.27. The third-order valence-electron chi connectivity index (χ3n) is 5.28. The van der Waals surface area contributed by atoms with Gasteiger partial charge >= 0.3 is 0 Å². The van der Waals surface area contributed by atoms with Crippen molar-refractivity contribution in [1.29, 1.82) is 0 Å². The molecular formula is C23H26FNO3. The Morgan fingerprint density at radius 2 is 2.04 bits per heavy atom. The van der Waals surface area contributed by atoms with Crippen molar-refractivity contribution in [2.75, 3.05) is 32.9 Å². The van der Waals surface area contributed by atoms with Crippen molar-refractivity contribution in [3.63, 3.8) is 0 Å². The normalized spacial score (nSPS) is 19.5. The predicted octanol–water partition coefficient (Wildman–Crippen LogP) is 4.42. The molecule has 0 amide bonds. The number of likely N-dealkylation sites (tertiary alicyclic amines) is 1. The molecule has 2 heterocycles. The van der Waals surface area contributed by atoms with Crippen molar-refractivity contribution in [2.45, 2.75) is 25.4 Å². The number of fused-ring (bicyclic) bond motifs is 1. The number of ether oxygens (including phenoxy) is 2. The lowest BCUT2D eigenvalue weighted by Crippen LogP contribution is -2.26. The highest BCUT2D eigenvalue weighted by Crippen LogP contribution is 2.36. The Hall–Kier alpha value is -2.53. The second-order valence-corrected chi connectivity index (χ2v) is 7.33. The van der Waals surface area contributed by atoms with Crippen LogP contribution in [0.3, 0.4) is 0 Å². The lowest BCUT2D eigenvalue weighted by atomic mass is 9.96. The Bertz CT molecular complexity index is 834. The lowest BCUT2D eigenvalue weighted by molar-refractivity contribution is 0.198. The largest absolute Gasteiger partial charge is 0.508 e. The van der Waals surface area contributed by atoms with E-state index in [2.05, 4.69) is 23.1 Å². The molecule has 0 spiro atoms. The molecule has 2 aromatic rings. The summed E-state index contributed by atoms with van der Waals surface area (Å²) in [6.45, 7) is 2.98. The van der Waals surface area contributed by atoms with Crippen LogP contribution in [0.5, 0.6) is 17.2 Å². The molecule has 2 aromatic carbocycles. The van der Waals surface area contributed by atoms with Gasteiger partial charge in [-0.15, -0.1) is 0 Å². The van der Waals surface area contributed by atoms with E-state index >= 15 is 0 Å². The molecule has 5 heteroatoms. The maximum absolute atomic E-state index is 12.3. The molecule has 0 saturated carbocycles. The summed E-state index contributed by atoms with van der Waals surface area (Å²) in [7, 11) is 0. The summed E-state index contributed by atoms with van der Waals surface area (Å²) in [6.07, 6.45) is 4.74. The van der Waals surface area contributed by atoms with E-state index in [9.17, 15) is 9.50 Å². The van der Waals surface area contributed by atoms with E-state index in [0.717, 1.165) is 54.9 Å². The van der Waals surface area contributed by atoms with Crippen LogP contribution in [0.25, 0.3) is 5.57 Å². The Morgan fingerprint density at radius 1 is 1.18 bits per heavy atom. The number of rotatable bonds is 6. The Morgan fingerprint density at radius 3 is 2.86 bits per heavy atom. The lowest BCUT2D eigenvalue weighted by Gasteiger charge is -2.17. The SMILES string of the molecule is Oc1ccc2c(c1)OCCC=C2c1ccc(O[C@H]2CCN(CCCF)C2)cc1. The number of aromatic hydroxyl groups is 1. The highest BCUT2D eigenvalue weighted by molar-refractivity contribution is 5.83. The van der Waals surface area contributed by atoms with Gasteiger partial charge in [0.1, 0.15) is 23.4 Å². The van der Waals surface area contributed by atoms with Crippen LogP contribution in [0, 0.1) is 0 Å². The minimum Gasteiger partial charge on any atom is -0.508 e. The number of benzene rings is 2. The van der Waals surface area contributed by atoms with Crippen LogP contribution in [0.4, 0.5) is 4.39 Å². The van der Waals surface area contributed by atoms with Gasteiger partial charge in [0.15, 0.2) is 0 Å². The van der Waals surface area contributed by atoms with Gasteiger partial charge < -0.3 is 14.6 Å². The molecular weight excluding hydrogens is 357 g/mol. The number of halogens is 1. The summed E-state index contributed by atoms with van der Waals surface area (Å²) in [5.74, 6) is 1.78. The fourth-order valence-electron chi connectivity index (χ4n) is 3.89. The monoisotopic (exact) mass is 383 g/mol. The van der Waals surface area contributed by atoms with Crippen LogP contribution in [-0.4, -0.2) is 49.0 Å². The average molecular weight is 383 g/mol. The Kier molecular flexibility index (Phi) is 5.81. The van der Waals surface area contributed by atoms with Gasteiger partial charge in [-0.2, -0.15) is 0 Å². The molecule has 1 fully saturated rings. The first-order chi connectivity index (χ1) is 13.7. The van der Waals surface area contributed by atoms with Crippen LogP contribution >= 0.6 is 0 Å². The molecule has 148 valence electrons. The number of nitrogens with zero attached hydrogens (tertiary/aromatic N) is 1. The first kappa shape index (κ1) is 18.8. The number of phenolic OH excluding ortho intramolecular Hbond substituents is 1. The van der Waals surface area contributed by atoms with E-state index in [4.69, 9.17) is 9.47 Å². The van der Waals surface area contributed by atoms with Crippen LogP contribution in [-0.2, 0) is 0 Å². The first-order valence-electron chi connectivity index (χ1n) is 9.94. The second kappa shape index (κ2) is 8.65. The molecule has 28 heavy (non-hydrogen) atoms. The summed E-state index contributed by atoms with van der Waals surface area (Å²) < 4.78 is 24.2. The smallest absolute Gasteiger partial charge is 0.130 e. The van der Waals surface area contributed by atoms with Crippen molar-refractivity contribution >= 4 is 5.57 Å². The Balaban J connectivity index is 1.45. The topological polar surface area (TPSA) is 41.9 Å². The molecule has 0 bridgehead atoms. The van der Waals surface area contributed by atoms with Crippen LogP contribution < -0.4 is 9.47 Å². The molecule has 1 saturated heterocycles. The van der Waals surface area contributed by atoms with E-state index in [-0.39, 0.29) is 18.5 Å². The molecule has 1 atom stereocenters. The quantitative estimate of drug-likeness (QED) is 0.802. The number of hydrogen-bond donors (Lipinski definition) is 1. The molecule has 0 unspecified atom stereocenters. The van der Waals surface area contributed by atoms with Gasteiger partial charge in [0.2, 0.25) is 0 Å². The molecule has 0 aromatic heterocycles. The van der Waals surface area contributed by atoms with Crippen molar-refractivity contribution in [1.82, 2.24) is 4.90 Å². The van der Waals surface area contributed by atoms with Gasteiger partial charge in [-0.05, 0) is 48.2 Å². The van der Waals surface area contributed by atoms with E-state index in [1.54, 1.807) is 12.1 Å². The van der Waals surface area contributed by atoms with Gasteiger partial charge in [-0.3, -0.25) is 9.29 Å². The Labute approximate surface area is 165 Å². The van der Waals surface area contributed by atoms with Crippen LogP contribution in [0.2, 0.25) is 0 Å². The molecule has 4 rings (SSSR count). The van der Waals surface area contributed by atoms with Gasteiger partial charge in [0.25, 0.3) is 0 Å². The molecule has 2 aliphatic heterocycles. The third kappa shape index (κ3) is 4.30. The summed E-state index contributed by atoms with van der Waals surface area (Å²) in [5, 5.41) is 9.74. The zero-order chi connectivity index (χ0) is 19.3. The van der Waals surface area contributed by atoms with Crippen molar-refractivity contribution in [2.24, 2.45) is 0 Å². The molecule has 0 aliphatic carbocycles. The number of hydrogen-bond acceptors (Lipinski definition) is 4. The van der Waals surface area contributed by atoms with Gasteiger partial charge in [0, 0.05) is 37.7 Å². The maximum atomic E-state index is 12.3. The predicted molar refractivity (Wildman–Crippen MR) is 108 cm³/mol. The van der Waals surface area contributed by atoms with Gasteiger partial charge in [-0.1, -0.05) is 18.2 Å². The zero-order valence-corrected chi connectivity index (χ0v) is 15.9. The van der Waals surface area contributed by atoms with E-state index in [1.807, 2.05) is 18.2 Å². The van der Waals surface area contributed by atoms with E-state index in [0.29, 0.717) is 18.8 Å². The highest BCUT2D eigenvalue weighted by atomic mass is 19.1. The van der Waals surface area contributed by atoms with E-state index in [1.165, 1.54) is 0 Å². The first-order valence-corrected chi connectivity index (χ1v) is 9.94. The van der Waals surface area contributed by atoms with Gasteiger partial charge in [-0.25, -0.2) is 0 Å². The van der Waals surface area contributed by atoms with Crippen molar-refractivity contribution in [3.05, 3.63) is 59.7 Å². The summed E-state index contributed by atoms with van der Waals surface area (Å²) >= 11 is 0. The molecule has 4 nitrogen and oxygen atoms in total. The molecule has 2 aliphatic rings. The van der Waals surface area contributed by atoms with E-state index < -0.39 is 0 Å². The fraction of sp³-hybridized carbons (Fsp3) is 0.391. The van der Waals surface area contributed by atoms with Gasteiger partial charge in [0.05, 0.1) is 13.3 Å². The minimum atomic E-state index is -0.257. The fourth-order valence-corrected chi connectivity index (χ4v) is 3.89. The van der Waals surface area contributed by atoms with Crippen molar-refractivity contribution in [3.8, 4) is 17.2 Å². The zero-order valence-electron chi connectivity index (χ0n) is 15.9. The second-order valence-electron chi connectivity index (χ2n) is 7.33. The number of phenols is 1. The summed E-state index contributed by atoms with van der Waals surface area (Å²) in [6, 6.07) is 13.4. The summed E-state index contributed by atoms with van der Waals surface area (Å²) in [5.41, 5.74) is 3.20. The molecule has 1 N–H and O–H groups in total. The molecule has 0 radical (unpaired) electrons. The minimum absolute atomic E-state index is 0.166. The average Bonchev–Trinajstić information content (AvgIpc) is 3.04. The third-order valence-corrected chi connectivity index (χ3v) is 5.28. The number of alkyl halides is 1. The van der Waals surface area contributed by atoms with Crippen LogP contribution in [0.15, 0.2) is 48.5 Å².